The lowest BCUT2D eigenvalue weighted by Crippen LogP contribution is -2.20. The third-order valence-electron chi connectivity index (χ3n) is 2.89. The zero-order chi connectivity index (χ0) is 14.0. The minimum atomic E-state index is -3.37. The fourth-order valence-electron chi connectivity index (χ4n) is 1.96. The molecule has 102 valence electrons. The maximum Gasteiger partial charge on any atom is 0.310 e. The summed E-state index contributed by atoms with van der Waals surface area (Å²) in [6, 6.07) is 2.79. The van der Waals surface area contributed by atoms with Gasteiger partial charge in [-0.3, -0.25) is 4.79 Å². The Hall–Kier alpha value is -1.89. The number of sulfone groups is 1. The Morgan fingerprint density at radius 2 is 2.21 bits per heavy atom. The molecule has 2 atom stereocenters. The van der Waals surface area contributed by atoms with Crippen LogP contribution in [0, 0.1) is 5.92 Å². The molecule has 1 aliphatic carbocycles. The van der Waals surface area contributed by atoms with E-state index in [0.717, 1.165) is 6.26 Å². The molecule has 0 saturated heterocycles. The normalized spacial score (nSPS) is 22.4. The highest BCUT2D eigenvalue weighted by molar-refractivity contribution is 7.90. The van der Waals surface area contributed by atoms with Gasteiger partial charge >= 0.3 is 5.97 Å². The van der Waals surface area contributed by atoms with Crippen molar-refractivity contribution in [3.63, 3.8) is 0 Å². The van der Waals surface area contributed by atoms with Crippen molar-refractivity contribution in [2.75, 3.05) is 11.6 Å². The minimum absolute atomic E-state index is 0.113. The van der Waals surface area contributed by atoms with Crippen LogP contribution in [0.4, 0.5) is 5.82 Å². The molecule has 19 heavy (non-hydrogen) atoms. The highest BCUT2D eigenvalue weighted by atomic mass is 32.2. The van der Waals surface area contributed by atoms with Gasteiger partial charge < -0.3 is 10.4 Å². The van der Waals surface area contributed by atoms with Crippen molar-refractivity contribution in [1.82, 2.24) is 4.98 Å². The topological polar surface area (TPSA) is 96.4 Å². The third kappa shape index (κ3) is 3.11. The maximum absolute atomic E-state index is 11.6. The van der Waals surface area contributed by atoms with Crippen LogP contribution in [-0.4, -0.2) is 36.8 Å². The summed E-state index contributed by atoms with van der Waals surface area (Å²) in [5.41, 5.74) is 0. The van der Waals surface area contributed by atoms with Gasteiger partial charge in [0.15, 0.2) is 9.84 Å². The molecule has 0 aromatic carbocycles. The number of hydrogen-bond donors (Lipinski definition) is 2. The number of carboxylic acid groups (broad SMARTS) is 1. The standard InChI is InChI=1S/C12H14N2O4S/c1-19(17,18)10-3-2-6-13-11(10)14-9-5-4-8(7-9)12(15)16/h2-6,8-9H,7H2,1H3,(H,13,14)(H,15,16). The molecule has 1 heterocycles. The number of carboxylic acids is 1. The molecule has 6 nitrogen and oxygen atoms in total. The summed E-state index contributed by atoms with van der Waals surface area (Å²) in [5, 5.41) is 11.9. The Balaban J connectivity index is 2.18. The van der Waals surface area contributed by atoms with E-state index in [2.05, 4.69) is 10.3 Å². The minimum Gasteiger partial charge on any atom is -0.481 e. The Bertz CT molecular complexity index is 624. The summed E-state index contributed by atoms with van der Waals surface area (Å²) in [6.45, 7) is 0. The summed E-state index contributed by atoms with van der Waals surface area (Å²) in [6.07, 6.45) is 6.31. The van der Waals surface area contributed by atoms with Gasteiger partial charge in [0, 0.05) is 18.5 Å². The zero-order valence-corrected chi connectivity index (χ0v) is 11.1. The number of aromatic nitrogens is 1. The number of carbonyl (C=O) groups is 1. The molecule has 0 amide bonds. The molecule has 0 aliphatic heterocycles. The van der Waals surface area contributed by atoms with Gasteiger partial charge in [-0.05, 0) is 18.6 Å². The SMILES string of the molecule is CS(=O)(=O)c1cccnc1NC1C=CC(C(=O)O)C1. The largest absolute Gasteiger partial charge is 0.481 e. The summed E-state index contributed by atoms with van der Waals surface area (Å²) >= 11 is 0. The van der Waals surface area contributed by atoms with Gasteiger partial charge in [0.25, 0.3) is 0 Å². The van der Waals surface area contributed by atoms with Crippen LogP contribution in [0.5, 0.6) is 0 Å². The molecule has 2 unspecified atom stereocenters. The first-order valence-corrected chi connectivity index (χ1v) is 7.60. The molecule has 2 rings (SSSR count). The summed E-state index contributed by atoms with van der Waals surface area (Å²) in [4.78, 5) is 15.0. The van der Waals surface area contributed by atoms with E-state index in [4.69, 9.17) is 5.11 Å². The Morgan fingerprint density at radius 3 is 2.79 bits per heavy atom. The summed E-state index contributed by atoms with van der Waals surface area (Å²) in [5.74, 6) is -1.17. The molecule has 0 radical (unpaired) electrons. The van der Waals surface area contributed by atoms with Crippen LogP contribution in [0.15, 0.2) is 35.4 Å². The molecule has 1 aromatic rings. The first-order chi connectivity index (χ1) is 8.88. The van der Waals surface area contributed by atoms with Gasteiger partial charge in [-0.25, -0.2) is 13.4 Å². The molecule has 0 saturated carbocycles. The number of hydrogen-bond acceptors (Lipinski definition) is 5. The molecule has 1 aromatic heterocycles. The molecule has 7 heteroatoms. The predicted octanol–water partition coefficient (Wildman–Crippen LogP) is 0.926. The second-order valence-electron chi connectivity index (χ2n) is 4.44. The van der Waals surface area contributed by atoms with Gasteiger partial charge in [-0.1, -0.05) is 12.2 Å². The van der Waals surface area contributed by atoms with E-state index >= 15 is 0 Å². The van der Waals surface area contributed by atoms with E-state index in [1.165, 1.54) is 12.3 Å². The van der Waals surface area contributed by atoms with Crippen LogP contribution in [0.3, 0.4) is 0 Å². The zero-order valence-electron chi connectivity index (χ0n) is 10.3. The van der Waals surface area contributed by atoms with Crippen LogP contribution in [0.2, 0.25) is 0 Å². The van der Waals surface area contributed by atoms with Crippen LogP contribution in [0.25, 0.3) is 0 Å². The smallest absolute Gasteiger partial charge is 0.310 e. The summed E-state index contributed by atoms with van der Waals surface area (Å²) in [7, 11) is -3.37. The average molecular weight is 282 g/mol. The van der Waals surface area contributed by atoms with E-state index in [1.807, 2.05) is 0 Å². The first kappa shape index (κ1) is 13.5. The third-order valence-corrected chi connectivity index (χ3v) is 4.02. The molecule has 0 bridgehead atoms. The average Bonchev–Trinajstić information content (AvgIpc) is 2.77. The summed E-state index contributed by atoms with van der Waals surface area (Å²) < 4.78 is 23.2. The van der Waals surface area contributed by atoms with Crippen LogP contribution < -0.4 is 5.32 Å². The lowest BCUT2D eigenvalue weighted by molar-refractivity contribution is -0.140. The fraction of sp³-hybridized carbons (Fsp3) is 0.333. The van der Waals surface area contributed by atoms with Gasteiger partial charge in [-0.2, -0.15) is 0 Å². The lowest BCUT2D eigenvalue weighted by Gasteiger charge is -2.14. The van der Waals surface area contributed by atoms with Gasteiger partial charge in [-0.15, -0.1) is 0 Å². The van der Waals surface area contributed by atoms with E-state index in [1.54, 1.807) is 18.2 Å². The number of rotatable bonds is 4. The Labute approximate surface area is 111 Å². The fourth-order valence-corrected chi connectivity index (χ4v) is 2.75. The monoisotopic (exact) mass is 282 g/mol. The van der Waals surface area contributed by atoms with Crippen molar-refractivity contribution in [3.8, 4) is 0 Å². The molecule has 1 aliphatic rings. The number of pyridine rings is 1. The van der Waals surface area contributed by atoms with Gasteiger partial charge in [0.2, 0.25) is 0 Å². The van der Waals surface area contributed by atoms with Gasteiger partial charge in [0.05, 0.1) is 5.92 Å². The van der Waals surface area contributed by atoms with E-state index < -0.39 is 21.7 Å². The molecular formula is C12H14N2O4S. The highest BCUT2D eigenvalue weighted by Crippen LogP contribution is 2.24. The Kier molecular flexibility index (Phi) is 3.57. The van der Waals surface area contributed by atoms with Crippen LogP contribution in [0.1, 0.15) is 6.42 Å². The predicted molar refractivity (Wildman–Crippen MR) is 69.6 cm³/mol. The molecular weight excluding hydrogens is 268 g/mol. The van der Waals surface area contributed by atoms with E-state index in [-0.39, 0.29) is 16.8 Å². The van der Waals surface area contributed by atoms with Crippen LogP contribution >= 0.6 is 0 Å². The van der Waals surface area contributed by atoms with Crippen molar-refractivity contribution in [2.45, 2.75) is 17.4 Å². The van der Waals surface area contributed by atoms with Crippen molar-refractivity contribution in [2.24, 2.45) is 5.92 Å². The van der Waals surface area contributed by atoms with E-state index in [9.17, 15) is 13.2 Å². The first-order valence-electron chi connectivity index (χ1n) is 5.70. The molecule has 0 spiro atoms. The number of nitrogens with zero attached hydrogens (tertiary/aromatic N) is 1. The number of anilines is 1. The maximum atomic E-state index is 11.6. The van der Waals surface area contributed by atoms with Crippen molar-refractivity contribution in [1.29, 1.82) is 0 Å². The van der Waals surface area contributed by atoms with Crippen molar-refractivity contribution in [3.05, 3.63) is 30.5 Å². The number of aliphatic carboxylic acids is 1. The second kappa shape index (κ2) is 5.00. The highest BCUT2D eigenvalue weighted by Gasteiger charge is 2.25. The van der Waals surface area contributed by atoms with Crippen molar-refractivity contribution >= 4 is 21.6 Å². The quantitative estimate of drug-likeness (QED) is 0.797. The van der Waals surface area contributed by atoms with Gasteiger partial charge in [0.1, 0.15) is 10.7 Å². The Morgan fingerprint density at radius 1 is 1.47 bits per heavy atom. The number of nitrogens with one attached hydrogen (secondary N) is 1. The molecule has 0 fully saturated rings. The second-order valence-corrected chi connectivity index (χ2v) is 6.42. The van der Waals surface area contributed by atoms with Crippen LogP contribution in [-0.2, 0) is 14.6 Å². The molecule has 2 N–H and O–H groups in total. The van der Waals surface area contributed by atoms with E-state index in [0.29, 0.717) is 6.42 Å². The lowest BCUT2D eigenvalue weighted by atomic mass is 10.1. The van der Waals surface area contributed by atoms with Crippen molar-refractivity contribution < 1.29 is 18.3 Å².